The fourth-order valence-corrected chi connectivity index (χ4v) is 3.05. The number of rotatable bonds is 3. The van der Waals surface area contributed by atoms with Crippen molar-refractivity contribution in [1.29, 1.82) is 0 Å². The zero-order chi connectivity index (χ0) is 17.1. The molecule has 0 saturated carbocycles. The van der Waals surface area contributed by atoms with Crippen LogP contribution in [0.1, 0.15) is 33.6 Å². The number of benzene rings is 2. The molecule has 0 aliphatic carbocycles. The zero-order valence-electron chi connectivity index (χ0n) is 13.0. The molecule has 0 spiro atoms. The molecule has 0 N–H and O–H groups in total. The molecule has 1 atom stereocenters. The highest BCUT2D eigenvalue weighted by molar-refractivity contribution is 5.99. The number of Topliss-reactive ketones (excluding diaryl/α,β-unsaturated/α-hetero) is 1. The molecule has 1 amide bonds. The van der Waals surface area contributed by atoms with E-state index in [1.165, 1.54) is 17.0 Å². The molecule has 1 heterocycles. The van der Waals surface area contributed by atoms with Gasteiger partial charge in [0, 0.05) is 24.6 Å². The number of halogens is 2. The van der Waals surface area contributed by atoms with Gasteiger partial charge >= 0.3 is 0 Å². The second-order valence-electron chi connectivity index (χ2n) is 5.92. The SMILES string of the molecule is O=C(c1ccccc1)[C@@H]1CCCN(C(=O)c2cccc(F)c2F)C1. The third kappa shape index (κ3) is 3.20. The molecule has 0 unspecified atom stereocenters. The predicted octanol–water partition coefficient (Wildman–Crippen LogP) is 3.70. The van der Waals surface area contributed by atoms with Crippen molar-refractivity contribution in [3.05, 3.63) is 71.3 Å². The van der Waals surface area contributed by atoms with E-state index >= 15 is 0 Å². The van der Waals surface area contributed by atoms with Crippen LogP contribution in [0.3, 0.4) is 0 Å². The molecule has 2 aromatic rings. The van der Waals surface area contributed by atoms with E-state index in [0.29, 0.717) is 24.9 Å². The summed E-state index contributed by atoms with van der Waals surface area (Å²) in [6.45, 7) is 0.663. The summed E-state index contributed by atoms with van der Waals surface area (Å²) in [5.41, 5.74) is 0.316. The first-order valence-electron chi connectivity index (χ1n) is 7.90. The monoisotopic (exact) mass is 329 g/mol. The van der Waals surface area contributed by atoms with Gasteiger partial charge in [-0.25, -0.2) is 8.78 Å². The smallest absolute Gasteiger partial charge is 0.256 e. The van der Waals surface area contributed by atoms with E-state index in [9.17, 15) is 18.4 Å². The number of piperidine rings is 1. The van der Waals surface area contributed by atoms with E-state index in [1.807, 2.05) is 6.07 Å². The van der Waals surface area contributed by atoms with Crippen LogP contribution in [-0.2, 0) is 0 Å². The Labute approximate surface area is 138 Å². The minimum absolute atomic E-state index is 0.0205. The van der Waals surface area contributed by atoms with Crippen molar-refractivity contribution in [1.82, 2.24) is 4.90 Å². The Kier molecular flexibility index (Phi) is 4.69. The van der Waals surface area contributed by atoms with Gasteiger partial charge in [-0.2, -0.15) is 0 Å². The Morgan fingerprint density at radius 2 is 1.75 bits per heavy atom. The Hall–Kier alpha value is -2.56. The van der Waals surface area contributed by atoms with E-state index < -0.39 is 17.5 Å². The van der Waals surface area contributed by atoms with Gasteiger partial charge in [0.2, 0.25) is 0 Å². The third-order valence-electron chi connectivity index (χ3n) is 4.32. The fourth-order valence-electron chi connectivity index (χ4n) is 3.05. The average molecular weight is 329 g/mol. The average Bonchev–Trinajstić information content (AvgIpc) is 2.63. The number of likely N-dealkylation sites (tertiary alicyclic amines) is 1. The lowest BCUT2D eigenvalue weighted by Gasteiger charge is -2.32. The fraction of sp³-hybridized carbons (Fsp3) is 0.263. The normalized spacial score (nSPS) is 17.6. The molecule has 3 nitrogen and oxygen atoms in total. The lowest BCUT2D eigenvalue weighted by atomic mass is 9.89. The standard InChI is InChI=1S/C19H17F2NO2/c20-16-10-4-9-15(17(16)21)19(24)22-11-5-8-14(12-22)18(23)13-6-2-1-3-7-13/h1-4,6-7,9-10,14H,5,8,11-12H2/t14-/m1/s1. The number of nitrogens with zero attached hydrogens (tertiary/aromatic N) is 1. The molecular weight excluding hydrogens is 312 g/mol. The first-order valence-corrected chi connectivity index (χ1v) is 7.90. The number of hydrogen-bond acceptors (Lipinski definition) is 2. The zero-order valence-corrected chi connectivity index (χ0v) is 13.0. The maximum atomic E-state index is 13.8. The number of hydrogen-bond donors (Lipinski definition) is 0. The van der Waals surface area contributed by atoms with Crippen LogP contribution in [0.2, 0.25) is 0 Å². The van der Waals surface area contributed by atoms with Gasteiger partial charge in [0.1, 0.15) is 0 Å². The van der Waals surface area contributed by atoms with Crippen molar-refractivity contribution in [2.75, 3.05) is 13.1 Å². The quantitative estimate of drug-likeness (QED) is 0.805. The molecule has 5 heteroatoms. The van der Waals surface area contributed by atoms with E-state index in [0.717, 1.165) is 6.07 Å². The molecule has 2 aromatic carbocycles. The molecule has 0 bridgehead atoms. The summed E-state index contributed by atoms with van der Waals surface area (Å²) < 4.78 is 27.2. The molecular formula is C19H17F2NO2. The number of amides is 1. The predicted molar refractivity (Wildman–Crippen MR) is 85.8 cm³/mol. The molecule has 24 heavy (non-hydrogen) atoms. The van der Waals surface area contributed by atoms with Crippen molar-refractivity contribution < 1.29 is 18.4 Å². The second-order valence-corrected chi connectivity index (χ2v) is 5.92. The lowest BCUT2D eigenvalue weighted by Crippen LogP contribution is -2.42. The summed E-state index contributed by atoms with van der Waals surface area (Å²) in [4.78, 5) is 26.5. The molecule has 1 fully saturated rings. The van der Waals surface area contributed by atoms with Gasteiger partial charge in [-0.1, -0.05) is 36.4 Å². The summed E-state index contributed by atoms with van der Waals surface area (Å²) in [5, 5.41) is 0. The van der Waals surface area contributed by atoms with Crippen LogP contribution in [0, 0.1) is 17.6 Å². The van der Waals surface area contributed by atoms with Gasteiger partial charge in [-0.15, -0.1) is 0 Å². The Morgan fingerprint density at radius 3 is 2.50 bits per heavy atom. The van der Waals surface area contributed by atoms with Crippen molar-refractivity contribution >= 4 is 11.7 Å². The molecule has 0 radical (unpaired) electrons. The molecule has 124 valence electrons. The van der Waals surface area contributed by atoms with Gasteiger partial charge in [0.25, 0.3) is 5.91 Å². The van der Waals surface area contributed by atoms with Crippen LogP contribution in [0.5, 0.6) is 0 Å². The summed E-state index contributed by atoms with van der Waals surface area (Å²) in [6, 6.07) is 12.5. The highest BCUT2D eigenvalue weighted by Crippen LogP contribution is 2.23. The Bertz CT molecular complexity index is 761. The third-order valence-corrected chi connectivity index (χ3v) is 4.32. The molecule has 1 aliphatic heterocycles. The second kappa shape index (κ2) is 6.91. The maximum Gasteiger partial charge on any atom is 0.256 e. The van der Waals surface area contributed by atoms with Crippen LogP contribution >= 0.6 is 0 Å². The van der Waals surface area contributed by atoms with Gasteiger partial charge < -0.3 is 4.90 Å². The minimum atomic E-state index is -1.14. The van der Waals surface area contributed by atoms with Crippen LogP contribution in [0.15, 0.2) is 48.5 Å². The largest absolute Gasteiger partial charge is 0.338 e. The summed E-state index contributed by atoms with van der Waals surface area (Å²) in [6.07, 6.45) is 1.34. The van der Waals surface area contributed by atoms with Crippen LogP contribution in [-0.4, -0.2) is 29.7 Å². The van der Waals surface area contributed by atoms with Crippen molar-refractivity contribution in [3.8, 4) is 0 Å². The number of ketones is 1. The first-order chi connectivity index (χ1) is 11.6. The van der Waals surface area contributed by atoms with Gasteiger partial charge in [0.15, 0.2) is 17.4 Å². The molecule has 1 aliphatic rings. The molecule has 3 rings (SSSR count). The maximum absolute atomic E-state index is 13.8. The van der Waals surface area contributed by atoms with Crippen molar-refractivity contribution in [3.63, 3.8) is 0 Å². The van der Waals surface area contributed by atoms with Crippen molar-refractivity contribution in [2.45, 2.75) is 12.8 Å². The highest BCUT2D eigenvalue weighted by atomic mass is 19.2. The number of carbonyl (C=O) groups excluding carboxylic acids is 2. The van der Waals surface area contributed by atoms with Gasteiger partial charge in [-0.3, -0.25) is 9.59 Å². The van der Waals surface area contributed by atoms with Crippen LogP contribution < -0.4 is 0 Å². The number of carbonyl (C=O) groups is 2. The molecule has 0 aromatic heterocycles. The van der Waals surface area contributed by atoms with E-state index in [2.05, 4.69) is 0 Å². The lowest BCUT2D eigenvalue weighted by molar-refractivity contribution is 0.0632. The van der Waals surface area contributed by atoms with Crippen molar-refractivity contribution in [2.24, 2.45) is 5.92 Å². The topological polar surface area (TPSA) is 37.4 Å². The summed E-state index contributed by atoms with van der Waals surface area (Å²) in [5.74, 6) is -3.10. The van der Waals surface area contributed by atoms with E-state index in [4.69, 9.17) is 0 Å². The Morgan fingerprint density at radius 1 is 1.00 bits per heavy atom. The van der Waals surface area contributed by atoms with E-state index in [-0.39, 0.29) is 23.8 Å². The highest BCUT2D eigenvalue weighted by Gasteiger charge is 2.30. The summed E-state index contributed by atoms with van der Waals surface area (Å²) >= 11 is 0. The van der Waals surface area contributed by atoms with Gasteiger partial charge in [0.05, 0.1) is 5.56 Å². The van der Waals surface area contributed by atoms with Crippen LogP contribution in [0.25, 0.3) is 0 Å². The van der Waals surface area contributed by atoms with E-state index in [1.54, 1.807) is 24.3 Å². The minimum Gasteiger partial charge on any atom is -0.338 e. The van der Waals surface area contributed by atoms with Gasteiger partial charge in [-0.05, 0) is 25.0 Å². The Balaban J connectivity index is 1.77. The van der Waals surface area contributed by atoms with Crippen LogP contribution in [0.4, 0.5) is 8.78 Å². The molecule has 1 saturated heterocycles. The first kappa shape index (κ1) is 16.3. The summed E-state index contributed by atoms with van der Waals surface area (Å²) in [7, 11) is 0.